The smallest absolute Gasteiger partial charge is 0.0746 e. The van der Waals surface area contributed by atoms with Crippen molar-refractivity contribution < 1.29 is 0 Å². The second-order valence-corrected chi connectivity index (χ2v) is 39.6. The molecule has 0 radical (unpaired) electrons. The molecule has 0 saturated heterocycles. The average molecular weight is 1830 g/mol. The van der Waals surface area contributed by atoms with Crippen LogP contribution >= 0.6 is 0 Å². The molecule has 22 aromatic carbocycles. The fourth-order valence-electron chi connectivity index (χ4n) is 24.7. The molecule has 0 amide bonds. The largest absolute Gasteiger partial charge is 0.311 e. The minimum absolute atomic E-state index is 0.0999. The number of hydrogen-bond donors (Lipinski definition) is 0. The van der Waals surface area contributed by atoms with E-state index in [1.54, 1.807) is 0 Å². The van der Waals surface area contributed by atoms with Crippen molar-refractivity contribution in [3.8, 4) is 122 Å². The zero-order chi connectivity index (χ0) is 95.5. The highest BCUT2D eigenvalue weighted by Crippen LogP contribution is 2.68. The Labute approximate surface area is 838 Å². The van der Waals surface area contributed by atoms with Crippen LogP contribution in [0.2, 0.25) is 0 Å². The lowest BCUT2D eigenvalue weighted by molar-refractivity contribution is 0.660. The van der Waals surface area contributed by atoms with Gasteiger partial charge in [-0.1, -0.05) is 464 Å². The van der Waals surface area contributed by atoms with E-state index in [4.69, 9.17) is 0 Å². The molecule has 0 aromatic heterocycles. The van der Waals surface area contributed by atoms with E-state index in [0.29, 0.717) is 0 Å². The zero-order valence-electron chi connectivity index (χ0n) is 80.2. The summed E-state index contributed by atoms with van der Waals surface area (Å²) in [6, 6.07) is 198. The fraction of sp³-hybridized carbons (Fsp3) is 0.0571. The van der Waals surface area contributed by atoms with E-state index in [9.17, 15) is 0 Å². The zero-order valence-corrected chi connectivity index (χ0v) is 80.2. The Bertz CT molecular complexity index is 8330. The Morgan fingerprint density at radius 2 is 0.329 bits per heavy atom. The van der Waals surface area contributed by atoms with Crippen LogP contribution in [-0.4, -0.2) is 0 Å². The molecule has 0 saturated carbocycles. The van der Waals surface area contributed by atoms with Gasteiger partial charge in [-0.05, 0) is 287 Å². The third-order valence-corrected chi connectivity index (χ3v) is 31.3. The summed E-state index contributed by atoms with van der Waals surface area (Å²) in [5.74, 6) is 0. The first-order valence-corrected chi connectivity index (χ1v) is 50.0. The van der Waals surface area contributed by atoms with Gasteiger partial charge in [0.2, 0.25) is 0 Å². The quantitative estimate of drug-likeness (QED) is 0.107. The average Bonchev–Trinajstić information content (AvgIpc) is 1.50. The molecule has 0 aliphatic heterocycles. The van der Waals surface area contributed by atoms with Gasteiger partial charge in [0.25, 0.3) is 0 Å². The van der Waals surface area contributed by atoms with E-state index in [1.807, 2.05) is 0 Å². The lowest BCUT2D eigenvalue weighted by Gasteiger charge is -2.36. The molecule has 3 heteroatoms. The van der Waals surface area contributed by atoms with Crippen molar-refractivity contribution in [2.45, 2.75) is 49.4 Å². The summed E-state index contributed by atoms with van der Waals surface area (Å²) < 4.78 is 0. The van der Waals surface area contributed by atoms with Crippen molar-refractivity contribution in [1.82, 2.24) is 0 Å². The summed E-state index contributed by atoms with van der Waals surface area (Å²) in [4.78, 5) is 7.31. The molecule has 0 N–H and O–H groups in total. The summed E-state index contributed by atoms with van der Waals surface area (Å²) in [6.07, 6.45) is 0. The Hall–Kier alpha value is -17.8. The molecule has 143 heavy (non-hydrogen) atoms. The minimum Gasteiger partial charge on any atom is -0.311 e. The lowest BCUT2D eigenvalue weighted by Crippen LogP contribution is -2.28. The molecular weight excluding hydrogens is 1720 g/mol. The monoisotopic (exact) mass is 1820 g/mol. The van der Waals surface area contributed by atoms with Gasteiger partial charge in [-0.2, -0.15) is 0 Å². The number of benzene rings is 22. The van der Waals surface area contributed by atoms with Crippen molar-refractivity contribution in [3.05, 3.63) is 607 Å². The van der Waals surface area contributed by atoms with E-state index in [1.165, 1.54) is 195 Å². The van der Waals surface area contributed by atoms with Gasteiger partial charge in [0, 0.05) is 61.9 Å². The van der Waals surface area contributed by atoms with Crippen molar-refractivity contribution in [1.29, 1.82) is 0 Å². The molecule has 28 rings (SSSR count). The molecule has 0 bridgehead atoms. The fourth-order valence-corrected chi connectivity index (χ4v) is 24.7. The maximum Gasteiger partial charge on any atom is 0.0746 e. The topological polar surface area (TPSA) is 9.72 Å². The van der Waals surface area contributed by atoms with Crippen LogP contribution < -0.4 is 14.7 Å². The molecule has 3 nitrogen and oxygen atoms in total. The SMILES string of the molecule is CC1(C)c2ccccc2-c2ccc(N(c3ccc(-c4ccccc4)cc3)c3ccc4c(c3)-c3ccccc3C43c4ccccc4-c4ccccc43)cc21.CC1(C)c2ccccc2-c2ccc(N(c3ccc(-c4ccccc4)cc3)c3cccc4c3C3(c5ccccc5-c5ccccc53)c3ccccc3-4)cc21.c1ccc(-c2ccc(N(c3ccc(-c4ccccc4)cc3)c3ccc(-c4ccccc4)cc3)cc2)cc1. The van der Waals surface area contributed by atoms with Crippen LogP contribution in [0.25, 0.3) is 122 Å². The van der Waals surface area contributed by atoms with E-state index >= 15 is 0 Å². The Kier molecular flexibility index (Phi) is 20.8. The van der Waals surface area contributed by atoms with Crippen LogP contribution in [0.15, 0.2) is 540 Å². The van der Waals surface area contributed by atoms with Gasteiger partial charge < -0.3 is 14.7 Å². The van der Waals surface area contributed by atoms with Crippen molar-refractivity contribution in [2.24, 2.45) is 0 Å². The molecule has 2 spiro atoms. The van der Waals surface area contributed by atoms with Crippen LogP contribution in [0.4, 0.5) is 51.2 Å². The van der Waals surface area contributed by atoms with E-state index in [2.05, 4.69) is 582 Å². The number of hydrogen-bond acceptors (Lipinski definition) is 3. The van der Waals surface area contributed by atoms with Gasteiger partial charge in [0.05, 0.1) is 16.5 Å². The lowest BCUT2D eigenvalue weighted by atomic mass is 9.70. The van der Waals surface area contributed by atoms with Crippen LogP contribution in [0.1, 0.15) is 94.5 Å². The molecule has 22 aromatic rings. The predicted molar refractivity (Wildman–Crippen MR) is 598 cm³/mol. The second kappa shape index (κ2) is 34.7. The van der Waals surface area contributed by atoms with Crippen molar-refractivity contribution in [3.63, 3.8) is 0 Å². The predicted octanol–water partition coefficient (Wildman–Crippen LogP) is 37.1. The summed E-state index contributed by atoms with van der Waals surface area (Å²) in [5, 5.41) is 0. The summed E-state index contributed by atoms with van der Waals surface area (Å²) in [7, 11) is 0. The van der Waals surface area contributed by atoms with Crippen LogP contribution in [0.5, 0.6) is 0 Å². The van der Waals surface area contributed by atoms with E-state index < -0.39 is 5.41 Å². The molecular formula is C140H101N3. The Morgan fingerprint density at radius 1 is 0.126 bits per heavy atom. The first-order valence-electron chi connectivity index (χ1n) is 50.0. The maximum absolute atomic E-state index is 2.53. The van der Waals surface area contributed by atoms with Gasteiger partial charge in [-0.15, -0.1) is 0 Å². The number of fused-ring (bicyclic) bond motifs is 26. The number of nitrogens with zero attached hydrogens (tertiary/aromatic N) is 3. The normalized spacial score (nSPS) is 13.5. The molecule has 676 valence electrons. The molecule has 0 fully saturated rings. The van der Waals surface area contributed by atoms with Gasteiger partial charge in [0.1, 0.15) is 0 Å². The second-order valence-electron chi connectivity index (χ2n) is 39.6. The Morgan fingerprint density at radius 3 is 0.650 bits per heavy atom. The first kappa shape index (κ1) is 85.6. The van der Waals surface area contributed by atoms with Crippen LogP contribution in [0.3, 0.4) is 0 Å². The van der Waals surface area contributed by atoms with Crippen LogP contribution in [-0.2, 0) is 21.7 Å². The van der Waals surface area contributed by atoms with Crippen molar-refractivity contribution in [2.75, 3.05) is 14.7 Å². The third kappa shape index (κ3) is 13.9. The first-order chi connectivity index (χ1) is 70.5. The molecule has 6 aliphatic rings. The highest BCUT2D eigenvalue weighted by Gasteiger charge is 2.55. The standard InChI is InChI=1S/2C52H37N.C36H27N/c1-51(2)44-22-10-6-17-38(44)42-32-31-37(33-48(42)51)53(36-29-27-35(28-30-36)34-15-4-3-5-16-34)49-26-14-21-43-41-20-9-13-25-47(41)52(50(43)49)45-23-11-7-18-39(45)40-19-8-12-24-46(40)52;1-51(2)45-20-10-6-16-39(45)43-30-28-38(33-50(43)51)53(36-26-24-35(25-27-36)34-14-4-3-5-15-34)37-29-31-49-44(32-37)42-19-9-13-23-48(42)52(49)46-21-11-7-17-40(46)41-18-8-12-22-47(41)52;1-4-10-28(11-5-1)31-16-22-34(23-17-31)37(35-24-18-32(19-25-35)29-12-6-2-7-13-29)36-26-20-33(21-27-36)30-14-8-3-9-15-30/h2*3-33H,1-2H3;1-27H. The van der Waals surface area contributed by atoms with E-state index in [-0.39, 0.29) is 16.2 Å². The molecule has 0 unspecified atom stereocenters. The van der Waals surface area contributed by atoms with Gasteiger partial charge in [-0.25, -0.2) is 0 Å². The van der Waals surface area contributed by atoms with Gasteiger partial charge in [0.15, 0.2) is 0 Å². The highest BCUT2D eigenvalue weighted by atomic mass is 15.2. The number of rotatable bonds is 14. The summed E-state index contributed by atoms with van der Waals surface area (Å²) in [6.45, 7) is 9.48. The maximum atomic E-state index is 2.53. The third-order valence-electron chi connectivity index (χ3n) is 31.3. The Balaban J connectivity index is 0.000000112. The van der Waals surface area contributed by atoms with Gasteiger partial charge in [-0.3, -0.25) is 0 Å². The number of anilines is 9. The molecule has 0 atom stereocenters. The van der Waals surface area contributed by atoms with Crippen molar-refractivity contribution >= 4 is 51.2 Å². The summed E-state index contributed by atoms with van der Waals surface area (Å²) in [5.41, 5.74) is 53.6. The minimum atomic E-state index is -0.468. The van der Waals surface area contributed by atoms with E-state index in [0.717, 1.165) is 45.5 Å². The van der Waals surface area contributed by atoms with Crippen LogP contribution in [0, 0.1) is 0 Å². The molecule has 6 aliphatic carbocycles. The van der Waals surface area contributed by atoms with Gasteiger partial charge >= 0.3 is 0 Å². The highest BCUT2D eigenvalue weighted by molar-refractivity contribution is 6.02. The summed E-state index contributed by atoms with van der Waals surface area (Å²) >= 11 is 0. The molecule has 0 heterocycles.